The molecule has 0 bridgehead atoms. The Morgan fingerprint density at radius 2 is 1.83 bits per heavy atom. The van der Waals surface area contributed by atoms with Crippen molar-refractivity contribution in [3.8, 4) is 0 Å². The number of rotatable bonds is 8. The van der Waals surface area contributed by atoms with Crippen LogP contribution in [-0.4, -0.2) is 36.0 Å². The summed E-state index contributed by atoms with van der Waals surface area (Å²) >= 11 is 0. The molecule has 2 rings (SSSR count). The first kappa shape index (κ1) is 17.0. The fourth-order valence-corrected chi connectivity index (χ4v) is 2.67. The molecule has 0 spiro atoms. The van der Waals surface area contributed by atoms with Gasteiger partial charge < -0.3 is 15.7 Å². The number of nitrogens with one attached hydrogen (secondary N) is 2. The van der Waals surface area contributed by atoms with E-state index >= 15 is 0 Å². The zero-order valence-electron chi connectivity index (χ0n) is 13.2. The largest absolute Gasteiger partial charge is 0.481 e. The number of amides is 2. The molecule has 0 saturated heterocycles. The van der Waals surface area contributed by atoms with E-state index in [0.717, 1.165) is 5.56 Å². The third-order valence-electron chi connectivity index (χ3n) is 4.21. The van der Waals surface area contributed by atoms with E-state index in [1.807, 2.05) is 30.3 Å². The van der Waals surface area contributed by atoms with E-state index in [4.69, 9.17) is 5.11 Å². The lowest BCUT2D eigenvalue weighted by molar-refractivity contribution is -0.139. The highest BCUT2D eigenvalue weighted by molar-refractivity contribution is 6.07. The Kier molecular flexibility index (Phi) is 5.36. The normalized spacial score (nSPS) is 16.2. The van der Waals surface area contributed by atoms with Gasteiger partial charge in [-0.3, -0.25) is 14.4 Å². The SMILES string of the molecule is CNC(=O)C1(C(=O)NC(CCC(=O)O)Cc2ccccc2)CC1. The molecule has 1 aromatic carbocycles. The summed E-state index contributed by atoms with van der Waals surface area (Å²) in [4.78, 5) is 35.2. The molecule has 2 amide bonds. The van der Waals surface area contributed by atoms with Gasteiger partial charge in [0.15, 0.2) is 0 Å². The molecule has 1 aromatic rings. The van der Waals surface area contributed by atoms with Crippen LogP contribution in [0.15, 0.2) is 30.3 Å². The van der Waals surface area contributed by atoms with E-state index in [1.54, 1.807) is 0 Å². The molecule has 3 N–H and O–H groups in total. The Morgan fingerprint density at radius 3 is 2.35 bits per heavy atom. The van der Waals surface area contributed by atoms with Gasteiger partial charge >= 0.3 is 5.97 Å². The minimum absolute atomic E-state index is 0.0231. The Labute approximate surface area is 135 Å². The predicted molar refractivity (Wildman–Crippen MR) is 84.7 cm³/mol. The summed E-state index contributed by atoms with van der Waals surface area (Å²) in [6.07, 6.45) is 1.93. The van der Waals surface area contributed by atoms with E-state index in [1.165, 1.54) is 7.05 Å². The van der Waals surface area contributed by atoms with Crippen molar-refractivity contribution in [1.82, 2.24) is 10.6 Å². The Bertz CT molecular complexity index is 582. The van der Waals surface area contributed by atoms with E-state index in [9.17, 15) is 14.4 Å². The van der Waals surface area contributed by atoms with Gasteiger partial charge in [0, 0.05) is 19.5 Å². The van der Waals surface area contributed by atoms with Gasteiger partial charge in [0.1, 0.15) is 5.41 Å². The molecule has 6 nitrogen and oxygen atoms in total. The topological polar surface area (TPSA) is 95.5 Å². The second-order valence-corrected chi connectivity index (χ2v) is 5.95. The van der Waals surface area contributed by atoms with E-state index in [-0.39, 0.29) is 24.3 Å². The summed E-state index contributed by atoms with van der Waals surface area (Å²) < 4.78 is 0. The lowest BCUT2D eigenvalue weighted by Gasteiger charge is -2.21. The van der Waals surface area contributed by atoms with Crippen LogP contribution in [0.1, 0.15) is 31.2 Å². The van der Waals surface area contributed by atoms with Gasteiger partial charge in [0.05, 0.1) is 0 Å². The van der Waals surface area contributed by atoms with Crippen molar-refractivity contribution in [2.75, 3.05) is 7.05 Å². The molecule has 0 aliphatic heterocycles. The number of hydrogen-bond acceptors (Lipinski definition) is 3. The van der Waals surface area contributed by atoms with Crippen LogP contribution >= 0.6 is 0 Å². The first-order chi connectivity index (χ1) is 11.0. The molecule has 1 fully saturated rings. The average molecular weight is 318 g/mol. The highest BCUT2D eigenvalue weighted by atomic mass is 16.4. The number of hydrogen-bond donors (Lipinski definition) is 3. The van der Waals surface area contributed by atoms with Gasteiger partial charge in [0.25, 0.3) is 0 Å². The summed E-state index contributed by atoms with van der Waals surface area (Å²) in [5.74, 6) is -1.47. The van der Waals surface area contributed by atoms with Crippen LogP contribution in [0, 0.1) is 5.41 Å². The number of benzene rings is 1. The molecule has 0 aromatic heterocycles. The van der Waals surface area contributed by atoms with Gasteiger partial charge in [-0.25, -0.2) is 0 Å². The monoisotopic (exact) mass is 318 g/mol. The summed E-state index contributed by atoms with van der Waals surface area (Å²) in [6, 6.07) is 9.27. The Hall–Kier alpha value is -2.37. The molecule has 23 heavy (non-hydrogen) atoms. The molecular weight excluding hydrogens is 296 g/mol. The number of carbonyl (C=O) groups excluding carboxylic acids is 2. The number of aliphatic carboxylic acids is 1. The van der Waals surface area contributed by atoms with Crippen molar-refractivity contribution < 1.29 is 19.5 Å². The van der Waals surface area contributed by atoms with Gasteiger partial charge in [-0.2, -0.15) is 0 Å². The summed E-state index contributed by atoms with van der Waals surface area (Å²) in [5, 5.41) is 14.3. The number of carbonyl (C=O) groups is 3. The summed E-state index contributed by atoms with van der Waals surface area (Å²) in [5.41, 5.74) is 0.0559. The minimum Gasteiger partial charge on any atom is -0.481 e. The lowest BCUT2D eigenvalue weighted by Crippen LogP contribution is -2.46. The van der Waals surface area contributed by atoms with Crippen LogP contribution in [0.25, 0.3) is 0 Å². The van der Waals surface area contributed by atoms with Crippen molar-refractivity contribution in [3.63, 3.8) is 0 Å². The molecule has 0 radical (unpaired) electrons. The predicted octanol–water partition coefficient (Wildman–Crippen LogP) is 1.10. The lowest BCUT2D eigenvalue weighted by atomic mass is 9.99. The zero-order valence-corrected chi connectivity index (χ0v) is 13.2. The van der Waals surface area contributed by atoms with Crippen molar-refractivity contribution in [2.24, 2.45) is 5.41 Å². The van der Waals surface area contributed by atoms with Crippen LogP contribution in [0.4, 0.5) is 0 Å². The van der Waals surface area contributed by atoms with Gasteiger partial charge in [-0.15, -0.1) is 0 Å². The van der Waals surface area contributed by atoms with Crippen LogP contribution in [-0.2, 0) is 20.8 Å². The third-order valence-corrected chi connectivity index (χ3v) is 4.21. The van der Waals surface area contributed by atoms with E-state index < -0.39 is 11.4 Å². The second kappa shape index (κ2) is 7.26. The highest BCUT2D eigenvalue weighted by Gasteiger charge is 2.56. The maximum Gasteiger partial charge on any atom is 0.303 e. The molecule has 124 valence electrons. The molecule has 1 atom stereocenters. The maximum absolute atomic E-state index is 12.5. The summed E-state index contributed by atoms with van der Waals surface area (Å²) in [7, 11) is 1.52. The minimum atomic E-state index is -0.965. The van der Waals surface area contributed by atoms with Crippen molar-refractivity contribution >= 4 is 17.8 Å². The van der Waals surface area contributed by atoms with Crippen molar-refractivity contribution in [3.05, 3.63) is 35.9 Å². The Morgan fingerprint density at radius 1 is 1.17 bits per heavy atom. The molecule has 1 aliphatic carbocycles. The average Bonchev–Trinajstić information content (AvgIpc) is 3.34. The molecule has 6 heteroatoms. The van der Waals surface area contributed by atoms with E-state index in [0.29, 0.717) is 25.7 Å². The fourth-order valence-electron chi connectivity index (χ4n) is 2.67. The maximum atomic E-state index is 12.5. The van der Waals surface area contributed by atoms with Crippen LogP contribution < -0.4 is 10.6 Å². The van der Waals surface area contributed by atoms with Crippen LogP contribution in [0.5, 0.6) is 0 Å². The van der Waals surface area contributed by atoms with Crippen molar-refractivity contribution in [1.29, 1.82) is 0 Å². The zero-order chi connectivity index (χ0) is 16.9. The standard InChI is InChI=1S/C17H22N2O4/c1-18-15(22)17(9-10-17)16(23)19-13(7-8-14(20)21)11-12-5-3-2-4-6-12/h2-6,13H,7-11H2,1H3,(H,18,22)(H,19,23)(H,20,21). The first-order valence-electron chi connectivity index (χ1n) is 7.77. The van der Waals surface area contributed by atoms with Gasteiger partial charge in [-0.05, 0) is 31.2 Å². The molecule has 1 saturated carbocycles. The smallest absolute Gasteiger partial charge is 0.303 e. The molecule has 1 aliphatic rings. The number of carboxylic acid groups (broad SMARTS) is 1. The van der Waals surface area contributed by atoms with Gasteiger partial charge in [0.2, 0.25) is 11.8 Å². The number of carboxylic acids is 1. The second-order valence-electron chi connectivity index (χ2n) is 5.95. The third kappa shape index (κ3) is 4.31. The molecule has 0 heterocycles. The van der Waals surface area contributed by atoms with E-state index in [2.05, 4.69) is 10.6 Å². The Balaban J connectivity index is 2.03. The van der Waals surface area contributed by atoms with Crippen molar-refractivity contribution in [2.45, 2.75) is 38.1 Å². The van der Waals surface area contributed by atoms with Crippen LogP contribution in [0.2, 0.25) is 0 Å². The summed E-state index contributed by atoms with van der Waals surface area (Å²) in [6.45, 7) is 0. The molecule has 1 unspecified atom stereocenters. The quantitative estimate of drug-likeness (QED) is 0.626. The molecular formula is C17H22N2O4. The highest BCUT2D eigenvalue weighted by Crippen LogP contribution is 2.46. The van der Waals surface area contributed by atoms with Gasteiger partial charge in [-0.1, -0.05) is 30.3 Å². The first-order valence-corrected chi connectivity index (χ1v) is 7.77. The van der Waals surface area contributed by atoms with Crippen LogP contribution in [0.3, 0.4) is 0 Å². The fraction of sp³-hybridized carbons (Fsp3) is 0.471.